The van der Waals surface area contributed by atoms with Gasteiger partial charge in [-0.25, -0.2) is 8.42 Å². The first-order valence-corrected chi connectivity index (χ1v) is 10.3. The van der Waals surface area contributed by atoms with Crippen LogP contribution in [0.4, 0.5) is 0 Å². The molecule has 5 nitrogen and oxygen atoms in total. The van der Waals surface area contributed by atoms with E-state index in [2.05, 4.69) is 0 Å². The van der Waals surface area contributed by atoms with E-state index in [1.807, 2.05) is 38.1 Å². The average molecular weight is 388 g/mol. The molecule has 0 spiro atoms. The van der Waals surface area contributed by atoms with Gasteiger partial charge >= 0.3 is 5.97 Å². The van der Waals surface area contributed by atoms with E-state index in [0.717, 1.165) is 16.7 Å². The second kappa shape index (κ2) is 6.77. The van der Waals surface area contributed by atoms with Crippen molar-refractivity contribution in [3.63, 3.8) is 0 Å². The zero-order valence-corrected chi connectivity index (χ0v) is 17.1. The highest BCUT2D eigenvalue weighted by Gasteiger charge is 2.61. The van der Waals surface area contributed by atoms with E-state index in [0.29, 0.717) is 0 Å². The number of ether oxygens (including phenoxy) is 1. The summed E-state index contributed by atoms with van der Waals surface area (Å²) in [7, 11) is -3.81. The van der Waals surface area contributed by atoms with Crippen LogP contribution in [0.1, 0.15) is 43.5 Å². The van der Waals surface area contributed by atoms with Crippen LogP contribution in [0, 0.1) is 13.8 Å². The summed E-state index contributed by atoms with van der Waals surface area (Å²) in [6, 6.07) is 12.8. The number of benzene rings is 2. The van der Waals surface area contributed by atoms with E-state index in [-0.39, 0.29) is 4.90 Å². The summed E-state index contributed by atoms with van der Waals surface area (Å²) < 4.78 is 33.0. The summed E-state index contributed by atoms with van der Waals surface area (Å²) in [4.78, 5) is 12.9. The van der Waals surface area contributed by atoms with Crippen molar-refractivity contribution in [3.05, 3.63) is 65.2 Å². The molecule has 2 aromatic rings. The maximum atomic E-state index is 13.2. The van der Waals surface area contributed by atoms with Crippen molar-refractivity contribution in [2.45, 2.75) is 57.2 Å². The molecule has 3 atom stereocenters. The van der Waals surface area contributed by atoms with Crippen molar-refractivity contribution in [3.8, 4) is 0 Å². The summed E-state index contributed by atoms with van der Waals surface area (Å²) in [5, 5.41) is 0. The molecule has 6 heteroatoms. The molecule has 2 aromatic carbocycles. The van der Waals surface area contributed by atoms with Gasteiger partial charge in [-0.15, -0.1) is 0 Å². The Kier molecular flexibility index (Phi) is 4.91. The van der Waals surface area contributed by atoms with Crippen molar-refractivity contribution in [2.75, 3.05) is 0 Å². The van der Waals surface area contributed by atoms with Gasteiger partial charge in [-0.3, -0.25) is 4.79 Å². The molecule has 0 bridgehead atoms. The molecular formula is C21H25NO4S. The van der Waals surface area contributed by atoms with Gasteiger partial charge in [0.2, 0.25) is 10.0 Å². The van der Waals surface area contributed by atoms with E-state index >= 15 is 0 Å². The first kappa shape index (κ1) is 19.6. The molecule has 1 fully saturated rings. The van der Waals surface area contributed by atoms with Crippen molar-refractivity contribution in [2.24, 2.45) is 0 Å². The number of hydrogen-bond donors (Lipinski definition) is 0. The number of sulfonamides is 1. The molecule has 3 unspecified atom stereocenters. The van der Waals surface area contributed by atoms with Gasteiger partial charge in [0, 0.05) is 0 Å². The molecular weight excluding hydrogens is 362 g/mol. The Bertz CT molecular complexity index is 941. The van der Waals surface area contributed by atoms with Gasteiger partial charge in [0.15, 0.2) is 0 Å². The van der Waals surface area contributed by atoms with Crippen LogP contribution < -0.4 is 0 Å². The van der Waals surface area contributed by atoms with Crippen LogP contribution >= 0.6 is 0 Å². The van der Waals surface area contributed by atoms with E-state index < -0.39 is 33.7 Å². The number of carbonyl (C=O) groups is 1. The Morgan fingerprint density at radius 3 is 1.89 bits per heavy atom. The maximum Gasteiger partial charge on any atom is 0.327 e. The number of hydrogen-bond acceptors (Lipinski definition) is 4. The predicted octanol–water partition coefficient (Wildman–Crippen LogP) is 3.76. The molecule has 27 heavy (non-hydrogen) atoms. The number of nitrogens with zero attached hydrogens (tertiary/aromatic N) is 1. The maximum absolute atomic E-state index is 13.2. The quantitative estimate of drug-likeness (QED) is 0.592. The van der Waals surface area contributed by atoms with Gasteiger partial charge < -0.3 is 4.74 Å². The lowest BCUT2D eigenvalue weighted by molar-refractivity contribution is -0.154. The molecule has 144 valence electrons. The molecule has 1 aliphatic heterocycles. The molecule has 1 saturated heterocycles. The Balaban J connectivity index is 1.98. The van der Waals surface area contributed by atoms with Crippen molar-refractivity contribution >= 4 is 16.0 Å². The second-order valence-corrected chi connectivity index (χ2v) is 9.83. The normalized spacial score (nSPS) is 22.3. The number of carbonyl (C=O) groups excluding carboxylic acids is 1. The number of rotatable bonds is 4. The highest BCUT2D eigenvalue weighted by atomic mass is 32.2. The lowest BCUT2D eigenvalue weighted by Gasteiger charge is -2.19. The topological polar surface area (TPSA) is 63.5 Å². The van der Waals surface area contributed by atoms with Crippen molar-refractivity contribution in [1.29, 1.82) is 0 Å². The summed E-state index contributed by atoms with van der Waals surface area (Å²) >= 11 is 0. The monoisotopic (exact) mass is 387 g/mol. The molecule has 3 rings (SSSR count). The van der Waals surface area contributed by atoms with Crippen LogP contribution in [0.2, 0.25) is 0 Å². The zero-order valence-electron chi connectivity index (χ0n) is 16.3. The highest BCUT2D eigenvalue weighted by Crippen LogP contribution is 2.48. The van der Waals surface area contributed by atoms with Crippen LogP contribution in [-0.4, -0.2) is 30.3 Å². The summed E-state index contributed by atoms with van der Waals surface area (Å²) in [5.41, 5.74) is 2.14. The fourth-order valence-electron chi connectivity index (χ4n) is 3.03. The molecule has 0 amide bonds. The number of aryl methyl sites for hydroxylation is 2. The summed E-state index contributed by atoms with van der Waals surface area (Å²) in [6.07, 6.45) is 0. The van der Waals surface area contributed by atoms with Crippen LogP contribution in [0.25, 0.3) is 0 Å². The predicted molar refractivity (Wildman–Crippen MR) is 104 cm³/mol. The van der Waals surface area contributed by atoms with Gasteiger partial charge in [0.25, 0.3) is 0 Å². The molecule has 0 saturated carbocycles. The van der Waals surface area contributed by atoms with E-state index in [1.165, 1.54) is 4.31 Å². The van der Waals surface area contributed by atoms with Gasteiger partial charge in [-0.2, -0.15) is 4.31 Å². The highest BCUT2D eigenvalue weighted by molar-refractivity contribution is 7.89. The van der Waals surface area contributed by atoms with E-state index in [1.54, 1.807) is 45.0 Å². The standard InChI is InChI=1S/C21H25NO4S/c1-14-6-10-16(11-7-14)18-19(20(23)26-21(3,4)5)22(18)27(24,25)17-12-8-15(2)9-13-17/h6-13,18-19H,1-5H3. The summed E-state index contributed by atoms with van der Waals surface area (Å²) in [5.74, 6) is -0.524. The Hall–Kier alpha value is -2.18. The molecule has 0 aromatic heterocycles. The Morgan fingerprint density at radius 2 is 1.41 bits per heavy atom. The minimum absolute atomic E-state index is 0.177. The van der Waals surface area contributed by atoms with Gasteiger partial charge in [0.05, 0.1) is 10.9 Å². The zero-order chi connectivity index (χ0) is 20.0. The third kappa shape index (κ3) is 4.06. The van der Waals surface area contributed by atoms with Crippen LogP contribution in [0.15, 0.2) is 53.4 Å². The Morgan fingerprint density at radius 1 is 0.926 bits per heavy atom. The van der Waals surface area contributed by atoms with Crippen LogP contribution in [0.3, 0.4) is 0 Å². The molecule has 0 N–H and O–H groups in total. The summed E-state index contributed by atoms with van der Waals surface area (Å²) in [6.45, 7) is 9.17. The van der Waals surface area contributed by atoms with E-state index in [4.69, 9.17) is 4.74 Å². The molecule has 1 aliphatic rings. The smallest absolute Gasteiger partial charge is 0.327 e. The third-order valence-corrected chi connectivity index (χ3v) is 6.30. The van der Waals surface area contributed by atoms with Gasteiger partial charge in [-0.1, -0.05) is 47.5 Å². The van der Waals surface area contributed by atoms with Gasteiger partial charge in [0.1, 0.15) is 11.6 Å². The van der Waals surface area contributed by atoms with Crippen LogP contribution in [0.5, 0.6) is 0 Å². The third-order valence-electron chi connectivity index (χ3n) is 4.42. The largest absolute Gasteiger partial charge is 0.459 e. The SMILES string of the molecule is Cc1ccc(C2C(C(=O)OC(C)(C)C)N2S(=O)(=O)c2ccc(C)cc2)cc1. The van der Waals surface area contributed by atoms with Gasteiger partial charge in [-0.05, 0) is 52.3 Å². The van der Waals surface area contributed by atoms with E-state index in [9.17, 15) is 13.2 Å². The lowest BCUT2D eigenvalue weighted by atomic mass is 10.1. The number of esters is 1. The Labute approximate surface area is 161 Å². The first-order valence-electron chi connectivity index (χ1n) is 8.90. The lowest BCUT2D eigenvalue weighted by Crippen LogP contribution is -2.29. The van der Waals surface area contributed by atoms with Crippen molar-refractivity contribution < 1.29 is 17.9 Å². The minimum atomic E-state index is -3.81. The first-order chi connectivity index (χ1) is 12.5. The second-order valence-electron chi connectivity index (χ2n) is 7.98. The minimum Gasteiger partial charge on any atom is -0.459 e. The average Bonchev–Trinajstić information content (AvgIpc) is 3.31. The van der Waals surface area contributed by atoms with Crippen LogP contribution in [-0.2, 0) is 19.6 Å². The fourth-order valence-corrected chi connectivity index (χ4v) is 4.74. The molecule has 1 heterocycles. The molecule has 0 aliphatic carbocycles. The molecule has 0 radical (unpaired) electrons. The van der Waals surface area contributed by atoms with Crippen molar-refractivity contribution in [1.82, 2.24) is 4.31 Å². The fraction of sp³-hybridized carbons (Fsp3) is 0.381.